The standard InChI is InChI=1S/C10H13NO5S/c12-7-1-3-8(4-2-7)17(15,16)11-5-9(13)10(14)6-11/h1-4,9-10,12-14H,5-6H2. The molecule has 1 heterocycles. The summed E-state index contributed by atoms with van der Waals surface area (Å²) in [6.45, 7) is -0.241. The van der Waals surface area contributed by atoms with Crippen molar-refractivity contribution in [3.63, 3.8) is 0 Å². The van der Waals surface area contributed by atoms with Crippen LogP contribution in [0.1, 0.15) is 0 Å². The topological polar surface area (TPSA) is 98.1 Å². The van der Waals surface area contributed by atoms with Crippen molar-refractivity contribution in [1.82, 2.24) is 4.31 Å². The van der Waals surface area contributed by atoms with Crippen molar-refractivity contribution in [1.29, 1.82) is 0 Å². The summed E-state index contributed by atoms with van der Waals surface area (Å²) in [6.07, 6.45) is -2.11. The van der Waals surface area contributed by atoms with E-state index >= 15 is 0 Å². The van der Waals surface area contributed by atoms with E-state index in [1.165, 1.54) is 24.3 Å². The van der Waals surface area contributed by atoms with Crippen LogP contribution in [0.3, 0.4) is 0 Å². The summed E-state index contributed by atoms with van der Waals surface area (Å²) >= 11 is 0. The molecule has 0 saturated carbocycles. The number of hydrogen-bond donors (Lipinski definition) is 3. The molecule has 1 aliphatic heterocycles. The maximum Gasteiger partial charge on any atom is 0.243 e. The van der Waals surface area contributed by atoms with Gasteiger partial charge in [0.25, 0.3) is 0 Å². The molecule has 1 aromatic rings. The molecular weight excluding hydrogens is 246 g/mol. The number of β-amino-alcohol motifs (C(OH)–C–C–N with tert-alkyl or cyclic N) is 2. The van der Waals surface area contributed by atoms with Crippen LogP contribution in [0.4, 0.5) is 0 Å². The van der Waals surface area contributed by atoms with E-state index in [-0.39, 0.29) is 23.7 Å². The fraction of sp³-hybridized carbons (Fsp3) is 0.400. The van der Waals surface area contributed by atoms with Crippen LogP contribution < -0.4 is 0 Å². The third-order valence-corrected chi connectivity index (χ3v) is 4.55. The van der Waals surface area contributed by atoms with E-state index < -0.39 is 22.2 Å². The number of benzene rings is 1. The Morgan fingerprint density at radius 3 is 2.00 bits per heavy atom. The molecule has 0 aliphatic carbocycles. The molecule has 3 N–H and O–H groups in total. The summed E-state index contributed by atoms with van der Waals surface area (Å²) in [5, 5.41) is 27.7. The Morgan fingerprint density at radius 1 is 1.06 bits per heavy atom. The van der Waals surface area contributed by atoms with Crippen molar-refractivity contribution in [2.45, 2.75) is 17.1 Å². The minimum absolute atomic E-state index is 0.0227. The first kappa shape index (κ1) is 12.3. The minimum atomic E-state index is -3.72. The normalized spacial score (nSPS) is 26.2. The van der Waals surface area contributed by atoms with E-state index in [0.29, 0.717) is 0 Å². The monoisotopic (exact) mass is 259 g/mol. The number of aliphatic hydroxyl groups is 2. The van der Waals surface area contributed by atoms with Gasteiger partial charge in [0.15, 0.2) is 0 Å². The van der Waals surface area contributed by atoms with Crippen molar-refractivity contribution < 1.29 is 23.7 Å². The molecule has 7 heteroatoms. The van der Waals surface area contributed by atoms with Gasteiger partial charge in [-0.3, -0.25) is 0 Å². The first-order chi connectivity index (χ1) is 7.91. The van der Waals surface area contributed by atoms with Crippen molar-refractivity contribution in [3.8, 4) is 5.75 Å². The number of sulfonamides is 1. The molecule has 0 amide bonds. The molecule has 2 rings (SSSR count). The second kappa shape index (κ2) is 4.26. The van der Waals surface area contributed by atoms with Gasteiger partial charge in [-0.05, 0) is 24.3 Å². The third kappa shape index (κ3) is 2.27. The van der Waals surface area contributed by atoms with Crippen LogP contribution in [-0.2, 0) is 10.0 Å². The van der Waals surface area contributed by atoms with E-state index in [0.717, 1.165) is 4.31 Å². The maximum atomic E-state index is 12.1. The first-order valence-corrected chi connectivity index (χ1v) is 6.50. The highest BCUT2D eigenvalue weighted by Gasteiger charge is 2.37. The zero-order chi connectivity index (χ0) is 12.6. The number of phenols is 1. The largest absolute Gasteiger partial charge is 0.508 e. The van der Waals surface area contributed by atoms with E-state index in [1.54, 1.807) is 0 Å². The van der Waals surface area contributed by atoms with Gasteiger partial charge >= 0.3 is 0 Å². The van der Waals surface area contributed by atoms with Gasteiger partial charge in [0, 0.05) is 13.1 Å². The van der Waals surface area contributed by atoms with Crippen molar-refractivity contribution >= 4 is 10.0 Å². The van der Waals surface area contributed by atoms with E-state index in [4.69, 9.17) is 5.11 Å². The van der Waals surface area contributed by atoms with Crippen molar-refractivity contribution in [2.24, 2.45) is 0 Å². The van der Waals surface area contributed by atoms with Crippen LogP contribution >= 0.6 is 0 Å². The number of nitrogens with zero attached hydrogens (tertiary/aromatic N) is 1. The van der Waals surface area contributed by atoms with Crippen LogP contribution in [-0.4, -0.2) is 53.3 Å². The predicted molar refractivity (Wildman–Crippen MR) is 58.9 cm³/mol. The number of aromatic hydroxyl groups is 1. The first-order valence-electron chi connectivity index (χ1n) is 5.06. The van der Waals surface area contributed by atoms with Crippen molar-refractivity contribution in [3.05, 3.63) is 24.3 Å². The summed E-state index contributed by atoms with van der Waals surface area (Å²) in [4.78, 5) is 0.0246. The molecule has 1 aromatic carbocycles. The molecule has 94 valence electrons. The molecule has 1 fully saturated rings. The van der Waals surface area contributed by atoms with Gasteiger partial charge in [-0.1, -0.05) is 0 Å². The molecule has 0 spiro atoms. The van der Waals surface area contributed by atoms with Crippen LogP contribution in [0.5, 0.6) is 5.75 Å². The van der Waals surface area contributed by atoms with E-state index in [9.17, 15) is 18.6 Å². The molecule has 0 bridgehead atoms. The van der Waals surface area contributed by atoms with Crippen LogP contribution in [0.25, 0.3) is 0 Å². The Labute approximate surface area is 98.8 Å². The number of phenolic OH excluding ortho intramolecular Hbond substituents is 1. The summed E-state index contributed by atoms with van der Waals surface area (Å²) in [5.41, 5.74) is 0. The molecular formula is C10H13NO5S. The van der Waals surface area contributed by atoms with E-state index in [2.05, 4.69) is 0 Å². The van der Waals surface area contributed by atoms with Crippen LogP contribution in [0.15, 0.2) is 29.2 Å². The fourth-order valence-electron chi connectivity index (χ4n) is 1.70. The van der Waals surface area contributed by atoms with E-state index in [1.807, 2.05) is 0 Å². The Bertz CT molecular complexity index is 488. The minimum Gasteiger partial charge on any atom is -0.508 e. The average Bonchev–Trinajstić information content (AvgIpc) is 2.60. The maximum absolute atomic E-state index is 12.1. The summed E-state index contributed by atoms with van der Waals surface area (Å²) in [7, 11) is -3.72. The SMILES string of the molecule is O=S(=O)(c1ccc(O)cc1)N1CC(O)C(O)C1. The highest BCUT2D eigenvalue weighted by molar-refractivity contribution is 7.89. The van der Waals surface area contributed by atoms with Gasteiger partial charge in [0.1, 0.15) is 5.75 Å². The molecule has 1 saturated heterocycles. The number of hydrogen-bond acceptors (Lipinski definition) is 5. The second-order valence-electron chi connectivity index (χ2n) is 3.95. The van der Waals surface area contributed by atoms with Gasteiger partial charge in [-0.25, -0.2) is 8.42 Å². The summed E-state index contributed by atoms with van der Waals surface area (Å²) < 4.78 is 25.1. The Morgan fingerprint density at radius 2 is 1.53 bits per heavy atom. The molecule has 6 nitrogen and oxygen atoms in total. The molecule has 17 heavy (non-hydrogen) atoms. The third-order valence-electron chi connectivity index (χ3n) is 2.70. The molecule has 2 atom stereocenters. The van der Waals surface area contributed by atoms with Crippen LogP contribution in [0.2, 0.25) is 0 Å². The van der Waals surface area contributed by atoms with Crippen molar-refractivity contribution in [2.75, 3.05) is 13.1 Å². The molecule has 0 radical (unpaired) electrons. The van der Waals surface area contributed by atoms with Gasteiger partial charge in [0.05, 0.1) is 17.1 Å². The Hall–Kier alpha value is -1.15. The highest BCUT2D eigenvalue weighted by atomic mass is 32.2. The van der Waals surface area contributed by atoms with Gasteiger partial charge in [-0.2, -0.15) is 4.31 Å². The van der Waals surface area contributed by atoms with Gasteiger partial charge in [0.2, 0.25) is 10.0 Å². The summed E-state index contributed by atoms with van der Waals surface area (Å²) in [6, 6.07) is 5.11. The lowest BCUT2D eigenvalue weighted by molar-refractivity contribution is 0.0572. The van der Waals surface area contributed by atoms with Crippen LogP contribution in [0, 0.1) is 0 Å². The highest BCUT2D eigenvalue weighted by Crippen LogP contribution is 2.22. The lowest BCUT2D eigenvalue weighted by Crippen LogP contribution is -2.29. The molecule has 2 unspecified atom stereocenters. The number of aliphatic hydroxyl groups excluding tert-OH is 2. The second-order valence-corrected chi connectivity index (χ2v) is 5.89. The number of rotatable bonds is 2. The summed E-state index contributed by atoms with van der Waals surface area (Å²) in [5.74, 6) is -0.0227. The fourth-order valence-corrected chi connectivity index (χ4v) is 3.17. The molecule has 1 aliphatic rings. The zero-order valence-corrected chi connectivity index (χ0v) is 9.71. The zero-order valence-electron chi connectivity index (χ0n) is 8.89. The Kier molecular flexibility index (Phi) is 3.09. The predicted octanol–water partition coefficient (Wildman–Crippen LogP) is -0.882. The lowest BCUT2D eigenvalue weighted by atomic mass is 10.3. The lowest BCUT2D eigenvalue weighted by Gasteiger charge is -2.15. The van der Waals surface area contributed by atoms with Gasteiger partial charge < -0.3 is 15.3 Å². The quantitative estimate of drug-likeness (QED) is 0.640. The smallest absolute Gasteiger partial charge is 0.243 e. The van der Waals surface area contributed by atoms with Gasteiger partial charge in [-0.15, -0.1) is 0 Å². The Balaban J connectivity index is 2.28. The molecule has 0 aromatic heterocycles. The average molecular weight is 259 g/mol.